The number of alkyl halides is 2. The second kappa shape index (κ2) is 10.6. The van der Waals surface area contributed by atoms with E-state index < -0.39 is 15.8 Å². The fraction of sp³-hybridized carbons (Fsp3) is 0.923. The molecule has 2 N–H and O–H groups in total. The first-order valence-electron chi connectivity index (χ1n) is 7.59. The van der Waals surface area contributed by atoms with E-state index in [9.17, 15) is 17.2 Å². The van der Waals surface area contributed by atoms with Crippen molar-refractivity contribution < 1.29 is 17.2 Å². The zero-order valence-corrected chi connectivity index (χ0v) is 16.9. The van der Waals surface area contributed by atoms with Crippen LogP contribution >= 0.6 is 24.0 Å². The maximum atomic E-state index is 12.5. The number of nitrogens with one attached hydrogen (secondary N) is 2. The molecule has 138 valence electrons. The lowest BCUT2D eigenvalue weighted by Crippen LogP contribution is -2.43. The molecule has 0 aromatic rings. The number of guanidine groups is 1. The van der Waals surface area contributed by atoms with Crippen molar-refractivity contribution in [2.75, 3.05) is 26.2 Å². The van der Waals surface area contributed by atoms with Crippen LogP contribution in [0.1, 0.15) is 33.6 Å². The zero-order chi connectivity index (χ0) is 16.8. The Morgan fingerprint density at radius 3 is 2.30 bits per heavy atom. The van der Waals surface area contributed by atoms with E-state index in [1.807, 2.05) is 20.8 Å². The first-order valence-corrected chi connectivity index (χ1v) is 9.09. The lowest BCUT2D eigenvalue weighted by molar-refractivity contribution is 0.205. The van der Waals surface area contributed by atoms with Gasteiger partial charge in [0.1, 0.15) is 0 Å². The van der Waals surface area contributed by atoms with E-state index in [2.05, 4.69) is 15.6 Å². The molecule has 0 bridgehead atoms. The maximum Gasteiger partial charge on any atom is 0.350 e. The first kappa shape index (κ1) is 22.8. The molecular weight excluding hydrogens is 441 g/mol. The van der Waals surface area contributed by atoms with Crippen molar-refractivity contribution in [2.45, 2.75) is 45.4 Å². The Morgan fingerprint density at radius 2 is 1.87 bits per heavy atom. The minimum atomic E-state index is -4.44. The summed E-state index contributed by atoms with van der Waals surface area (Å²) in [5, 5.41) is 6.34. The Labute approximate surface area is 154 Å². The molecule has 0 amide bonds. The van der Waals surface area contributed by atoms with Gasteiger partial charge < -0.3 is 10.6 Å². The molecule has 0 aromatic heterocycles. The Kier molecular flexibility index (Phi) is 10.5. The van der Waals surface area contributed by atoms with Crippen molar-refractivity contribution in [3.8, 4) is 0 Å². The highest BCUT2D eigenvalue weighted by molar-refractivity contribution is 14.0. The normalized spacial score (nSPS) is 18.1. The molecule has 0 saturated carbocycles. The average molecular weight is 468 g/mol. The van der Waals surface area contributed by atoms with Gasteiger partial charge in [0.25, 0.3) is 10.0 Å². The van der Waals surface area contributed by atoms with E-state index in [1.165, 1.54) is 0 Å². The molecule has 10 heteroatoms. The van der Waals surface area contributed by atoms with E-state index in [4.69, 9.17) is 0 Å². The lowest BCUT2D eigenvalue weighted by Gasteiger charge is -2.30. The van der Waals surface area contributed by atoms with E-state index in [0.717, 1.165) is 16.8 Å². The van der Waals surface area contributed by atoms with Crippen LogP contribution in [0.15, 0.2) is 4.99 Å². The molecule has 1 aliphatic heterocycles. The summed E-state index contributed by atoms with van der Waals surface area (Å²) in [6.07, 6.45) is 1.10. The Bertz CT molecular complexity index is 467. The van der Waals surface area contributed by atoms with Gasteiger partial charge in [-0.3, -0.25) is 4.99 Å². The smallest absolute Gasteiger partial charge is 0.350 e. The Hall–Kier alpha value is -0.230. The minimum Gasteiger partial charge on any atom is -0.357 e. The highest BCUT2D eigenvalue weighted by Gasteiger charge is 2.34. The van der Waals surface area contributed by atoms with Crippen LogP contribution in [0.4, 0.5) is 8.78 Å². The van der Waals surface area contributed by atoms with Gasteiger partial charge in [-0.05, 0) is 39.5 Å². The van der Waals surface area contributed by atoms with Gasteiger partial charge in [-0.15, -0.1) is 24.0 Å². The van der Waals surface area contributed by atoms with Gasteiger partial charge in [-0.1, -0.05) is 0 Å². The summed E-state index contributed by atoms with van der Waals surface area (Å²) in [4.78, 5) is 4.48. The Balaban J connectivity index is 0.00000484. The molecule has 0 unspecified atom stereocenters. The molecule has 1 heterocycles. The molecule has 0 atom stereocenters. The lowest BCUT2D eigenvalue weighted by atomic mass is 9.98. The summed E-state index contributed by atoms with van der Waals surface area (Å²) >= 11 is 0. The SMILES string of the molecule is CCNC(=NCC1CCN(S(=O)(=O)C(F)F)CC1)NC(C)C.I. The number of nitrogens with zero attached hydrogens (tertiary/aromatic N) is 2. The zero-order valence-electron chi connectivity index (χ0n) is 13.8. The minimum absolute atomic E-state index is 0. The molecule has 6 nitrogen and oxygen atoms in total. The van der Waals surface area contributed by atoms with Crippen LogP contribution in [0.25, 0.3) is 0 Å². The topological polar surface area (TPSA) is 73.8 Å². The summed E-state index contributed by atoms with van der Waals surface area (Å²) in [6.45, 7) is 7.60. The predicted octanol–water partition coefficient (Wildman–Crippen LogP) is 1.83. The highest BCUT2D eigenvalue weighted by Crippen LogP contribution is 2.22. The third kappa shape index (κ3) is 7.46. The average Bonchev–Trinajstić information content (AvgIpc) is 2.44. The fourth-order valence-corrected chi connectivity index (χ4v) is 3.22. The number of aliphatic imine (C=N–C) groups is 1. The Morgan fingerprint density at radius 1 is 1.30 bits per heavy atom. The number of halogens is 3. The van der Waals surface area contributed by atoms with E-state index in [-0.39, 0.29) is 49.0 Å². The second-order valence-electron chi connectivity index (χ2n) is 5.67. The number of piperidine rings is 1. The van der Waals surface area contributed by atoms with Crippen LogP contribution in [0, 0.1) is 5.92 Å². The van der Waals surface area contributed by atoms with Crippen LogP contribution < -0.4 is 10.6 Å². The molecule has 0 aromatic carbocycles. The maximum absolute atomic E-state index is 12.5. The quantitative estimate of drug-likeness (QED) is 0.355. The number of hydrogen-bond acceptors (Lipinski definition) is 3. The van der Waals surface area contributed by atoms with Crippen LogP contribution in [-0.4, -0.2) is 56.7 Å². The molecule has 1 fully saturated rings. The third-order valence-electron chi connectivity index (χ3n) is 3.44. The largest absolute Gasteiger partial charge is 0.357 e. The van der Waals surface area contributed by atoms with Crippen molar-refractivity contribution in [3.63, 3.8) is 0 Å². The van der Waals surface area contributed by atoms with E-state index in [0.29, 0.717) is 19.4 Å². The summed E-state index contributed by atoms with van der Waals surface area (Å²) in [6, 6.07) is 0.260. The van der Waals surface area contributed by atoms with E-state index in [1.54, 1.807) is 0 Å². The van der Waals surface area contributed by atoms with Crippen molar-refractivity contribution in [2.24, 2.45) is 10.9 Å². The van der Waals surface area contributed by atoms with E-state index >= 15 is 0 Å². The summed E-state index contributed by atoms with van der Waals surface area (Å²) in [5.41, 5.74) is 0. The second-order valence-corrected chi connectivity index (χ2v) is 7.57. The van der Waals surface area contributed by atoms with Gasteiger partial charge in [0.15, 0.2) is 5.96 Å². The van der Waals surface area contributed by atoms with Crippen molar-refractivity contribution in [1.29, 1.82) is 0 Å². The van der Waals surface area contributed by atoms with Crippen molar-refractivity contribution >= 4 is 40.0 Å². The van der Waals surface area contributed by atoms with Gasteiger partial charge in [-0.25, -0.2) is 8.42 Å². The van der Waals surface area contributed by atoms with Crippen LogP contribution in [-0.2, 0) is 10.0 Å². The number of rotatable bonds is 6. The fourth-order valence-electron chi connectivity index (χ4n) is 2.27. The molecule has 1 aliphatic rings. The van der Waals surface area contributed by atoms with Crippen molar-refractivity contribution in [1.82, 2.24) is 14.9 Å². The third-order valence-corrected chi connectivity index (χ3v) is 4.97. The molecule has 0 spiro atoms. The molecule has 23 heavy (non-hydrogen) atoms. The molecule has 1 saturated heterocycles. The van der Waals surface area contributed by atoms with Crippen LogP contribution in [0.2, 0.25) is 0 Å². The first-order chi connectivity index (χ1) is 10.3. The molecule has 0 radical (unpaired) electrons. The van der Waals surface area contributed by atoms with Gasteiger partial charge in [0.05, 0.1) is 0 Å². The summed E-state index contributed by atoms with van der Waals surface area (Å²) in [7, 11) is -4.44. The highest BCUT2D eigenvalue weighted by atomic mass is 127. The standard InChI is InChI=1S/C13H26F2N4O2S.HI/c1-4-16-13(18-10(2)3)17-9-11-5-7-19(8-6-11)22(20,21)12(14)15;/h10-12H,4-9H2,1-3H3,(H2,16,17,18);1H. The van der Waals surface area contributed by atoms with Crippen LogP contribution in [0.5, 0.6) is 0 Å². The number of sulfonamides is 1. The van der Waals surface area contributed by atoms with Gasteiger partial charge in [0, 0.05) is 32.2 Å². The number of hydrogen-bond donors (Lipinski definition) is 2. The summed E-state index contributed by atoms with van der Waals surface area (Å²) in [5.74, 6) is -2.40. The van der Waals surface area contributed by atoms with Gasteiger partial charge >= 0.3 is 5.76 Å². The van der Waals surface area contributed by atoms with Crippen LogP contribution in [0.3, 0.4) is 0 Å². The summed E-state index contributed by atoms with van der Waals surface area (Å²) < 4.78 is 48.6. The van der Waals surface area contributed by atoms with Gasteiger partial charge in [-0.2, -0.15) is 13.1 Å². The van der Waals surface area contributed by atoms with Crippen molar-refractivity contribution in [3.05, 3.63) is 0 Å². The molecule has 0 aliphatic carbocycles. The predicted molar refractivity (Wildman–Crippen MR) is 98.9 cm³/mol. The van der Waals surface area contributed by atoms with Gasteiger partial charge in [0.2, 0.25) is 0 Å². The molecular formula is C13H27F2IN4O2S. The monoisotopic (exact) mass is 468 g/mol. The molecule has 1 rings (SSSR count).